The van der Waals surface area contributed by atoms with E-state index in [-0.39, 0.29) is 0 Å². The first kappa shape index (κ1) is 8.41. The number of pyridine rings is 1. The van der Waals surface area contributed by atoms with Crippen LogP contribution in [-0.2, 0) is 0 Å². The summed E-state index contributed by atoms with van der Waals surface area (Å²) in [5, 5.41) is 0. The average molecular weight is 162 g/mol. The number of nitrogens with zero attached hydrogens (tertiary/aromatic N) is 1. The largest absolute Gasteiger partial charge is 0.477 e. The molecule has 62 valence electrons. The van der Waals surface area contributed by atoms with Crippen LogP contribution in [-0.4, -0.2) is 11.6 Å². The lowest BCUT2D eigenvalue weighted by Gasteiger charge is -2.02. The molecule has 0 saturated heterocycles. The third-order valence-electron chi connectivity index (χ3n) is 1.26. The van der Waals surface area contributed by atoms with E-state index < -0.39 is 0 Å². The van der Waals surface area contributed by atoms with Crippen LogP contribution in [0, 0.1) is 12.3 Å². The molecule has 3 heteroatoms. The molecule has 0 fully saturated rings. The minimum absolute atomic E-state index is 0.479. The van der Waals surface area contributed by atoms with Crippen molar-refractivity contribution in [3.8, 4) is 18.2 Å². The molecule has 1 heterocycles. The number of hydrogen-bond acceptors (Lipinski definition) is 3. The fourth-order valence-corrected chi connectivity index (χ4v) is 0.718. The topological polar surface area (TPSA) is 48.1 Å². The lowest BCUT2D eigenvalue weighted by molar-refractivity contribution is 0.315. The van der Waals surface area contributed by atoms with Gasteiger partial charge in [-0.2, -0.15) is 0 Å². The van der Waals surface area contributed by atoms with Gasteiger partial charge in [-0.25, -0.2) is 4.98 Å². The van der Waals surface area contributed by atoms with Crippen LogP contribution in [0.3, 0.4) is 0 Å². The van der Waals surface area contributed by atoms with Crippen molar-refractivity contribution < 1.29 is 4.74 Å². The van der Waals surface area contributed by atoms with Crippen molar-refractivity contribution in [2.75, 3.05) is 12.3 Å². The average Bonchev–Trinajstić information content (AvgIpc) is 2.05. The van der Waals surface area contributed by atoms with E-state index >= 15 is 0 Å². The lowest BCUT2D eigenvalue weighted by atomic mass is 10.4. The highest BCUT2D eigenvalue weighted by Gasteiger charge is 1.93. The fourth-order valence-electron chi connectivity index (χ4n) is 0.718. The first-order valence-electron chi connectivity index (χ1n) is 3.60. The second kappa shape index (κ2) is 4.24. The Morgan fingerprint density at radius 1 is 1.67 bits per heavy atom. The Bertz CT molecular complexity index is 291. The molecule has 0 amide bonds. The van der Waals surface area contributed by atoms with Crippen molar-refractivity contribution in [1.82, 2.24) is 4.98 Å². The zero-order valence-electron chi connectivity index (χ0n) is 6.66. The summed E-state index contributed by atoms with van der Waals surface area (Å²) >= 11 is 0. The molecule has 0 unspecified atom stereocenters. The van der Waals surface area contributed by atoms with E-state index in [1.54, 1.807) is 18.3 Å². The molecular formula is C9H10N2O. The van der Waals surface area contributed by atoms with Crippen molar-refractivity contribution in [2.45, 2.75) is 6.42 Å². The fraction of sp³-hybridized carbons (Fsp3) is 0.222. The number of nitrogens with two attached hydrogens (primary N) is 1. The van der Waals surface area contributed by atoms with Crippen molar-refractivity contribution in [2.24, 2.45) is 0 Å². The molecule has 1 aromatic heterocycles. The van der Waals surface area contributed by atoms with Crippen LogP contribution in [0.5, 0.6) is 5.88 Å². The first-order valence-corrected chi connectivity index (χ1v) is 3.60. The number of rotatable bonds is 3. The molecule has 3 nitrogen and oxygen atoms in total. The van der Waals surface area contributed by atoms with E-state index in [2.05, 4.69) is 10.9 Å². The van der Waals surface area contributed by atoms with Crippen molar-refractivity contribution >= 4 is 5.69 Å². The molecule has 12 heavy (non-hydrogen) atoms. The SMILES string of the molecule is C#CCCOc1cc(N)ccn1. The summed E-state index contributed by atoms with van der Waals surface area (Å²) in [6.45, 7) is 0.479. The van der Waals surface area contributed by atoms with Gasteiger partial charge in [0, 0.05) is 24.4 Å². The molecule has 1 rings (SSSR count). The zero-order chi connectivity index (χ0) is 8.81. The highest BCUT2D eigenvalue weighted by atomic mass is 16.5. The predicted molar refractivity (Wildman–Crippen MR) is 47.6 cm³/mol. The third kappa shape index (κ3) is 2.51. The Labute approximate surface area is 71.6 Å². The van der Waals surface area contributed by atoms with E-state index in [4.69, 9.17) is 16.9 Å². The minimum Gasteiger partial charge on any atom is -0.477 e. The van der Waals surface area contributed by atoms with Gasteiger partial charge in [-0.3, -0.25) is 0 Å². The summed E-state index contributed by atoms with van der Waals surface area (Å²) in [4.78, 5) is 3.94. The highest BCUT2D eigenvalue weighted by molar-refractivity contribution is 5.39. The van der Waals surface area contributed by atoms with Crippen LogP contribution in [0.4, 0.5) is 5.69 Å². The predicted octanol–water partition coefficient (Wildman–Crippen LogP) is 1.07. The van der Waals surface area contributed by atoms with E-state index in [1.165, 1.54) is 0 Å². The van der Waals surface area contributed by atoms with E-state index in [1.807, 2.05) is 0 Å². The molecule has 0 saturated carbocycles. The molecule has 0 aliphatic heterocycles. The third-order valence-corrected chi connectivity index (χ3v) is 1.26. The zero-order valence-corrected chi connectivity index (χ0v) is 6.66. The number of nitrogen functional groups attached to an aromatic ring is 1. The normalized spacial score (nSPS) is 8.92. The molecule has 0 aliphatic rings. The number of anilines is 1. The monoisotopic (exact) mass is 162 g/mol. The summed E-state index contributed by atoms with van der Waals surface area (Å²) in [6.07, 6.45) is 7.23. The molecule has 0 aliphatic carbocycles. The second-order valence-electron chi connectivity index (χ2n) is 2.23. The van der Waals surface area contributed by atoms with Crippen LogP contribution in [0.2, 0.25) is 0 Å². The smallest absolute Gasteiger partial charge is 0.215 e. The van der Waals surface area contributed by atoms with Crippen LogP contribution in [0.25, 0.3) is 0 Å². The van der Waals surface area contributed by atoms with E-state index in [0.717, 1.165) is 0 Å². The van der Waals surface area contributed by atoms with Gasteiger partial charge in [0.25, 0.3) is 0 Å². The standard InChI is InChI=1S/C9H10N2O/c1-2-3-6-12-9-7-8(10)4-5-11-9/h1,4-5,7H,3,6H2,(H2,10,11). The number of ether oxygens (including phenoxy) is 1. The molecule has 1 aromatic rings. The molecule has 0 aromatic carbocycles. The molecule has 2 N–H and O–H groups in total. The summed E-state index contributed by atoms with van der Waals surface area (Å²) in [5.41, 5.74) is 6.14. The summed E-state index contributed by atoms with van der Waals surface area (Å²) in [7, 11) is 0. The minimum atomic E-state index is 0.479. The molecule has 0 radical (unpaired) electrons. The Morgan fingerprint density at radius 3 is 3.17 bits per heavy atom. The van der Waals surface area contributed by atoms with Crippen molar-refractivity contribution in [3.63, 3.8) is 0 Å². The molecule has 0 atom stereocenters. The maximum Gasteiger partial charge on any atom is 0.215 e. The van der Waals surface area contributed by atoms with Gasteiger partial charge in [0.2, 0.25) is 5.88 Å². The van der Waals surface area contributed by atoms with Gasteiger partial charge in [0.05, 0.1) is 0 Å². The van der Waals surface area contributed by atoms with Crippen LogP contribution >= 0.6 is 0 Å². The highest BCUT2D eigenvalue weighted by Crippen LogP contribution is 2.09. The van der Waals surface area contributed by atoms with Gasteiger partial charge in [-0.1, -0.05) is 0 Å². The van der Waals surface area contributed by atoms with Gasteiger partial charge in [-0.15, -0.1) is 12.3 Å². The molecule has 0 spiro atoms. The van der Waals surface area contributed by atoms with Crippen LogP contribution < -0.4 is 10.5 Å². The summed E-state index contributed by atoms with van der Waals surface area (Å²) in [6, 6.07) is 3.37. The van der Waals surface area contributed by atoms with E-state index in [9.17, 15) is 0 Å². The Balaban J connectivity index is 2.48. The second-order valence-corrected chi connectivity index (χ2v) is 2.23. The first-order chi connectivity index (χ1) is 5.83. The summed E-state index contributed by atoms with van der Waals surface area (Å²) in [5.74, 6) is 2.99. The van der Waals surface area contributed by atoms with Gasteiger partial charge in [0.15, 0.2) is 0 Å². The maximum absolute atomic E-state index is 5.50. The number of aromatic nitrogens is 1. The van der Waals surface area contributed by atoms with Crippen molar-refractivity contribution in [3.05, 3.63) is 18.3 Å². The van der Waals surface area contributed by atoms with Crippen molar-refractivity contribution in [1.29, 1.82) is 0 Å². The quantitative estimate of drug-likeness (QED) is 0.534. The number of terminal acetylenes is 1. The van der Waals surface area contributed by atoms with Crippen LogP contribution in [0.1, 0.15) is 6.42 Å². The van der Waals surface area contributed by atoms with E-state index in [0.29, 0.717) is 24.6 Å². The molecule has 0 bridgehead atoms. The Kier molecular flexibility index (Phi) is 2.97. The van der Waals surface area contributed by atoms with Gasteiger partial charge < -0.3 is 10.5 Å². The van der Waals surface area contributed by atoms with Gasteiger partial charge >= 0.3 is 0 Å². The van der Waals surface area contributed by atoms with Gasteiger partial charge in [0.1, 0.15) is 6.61 Å². The maximum atomic E-state index is 5.50. The molecular weight excluding hydrogens is 152 g/mol. The summed E-state index contributed by atoms with van der Waals surface area (Å²) < 4.78 is 5.19. The lowest BCUT2D eigenvalue weighted by Crippen LogP contribution is -1.98. The number of hydrogen-bond donors (Lipinski definition) is 1. The van der Waals surface area contributed by atoms with Crippen LogP contribution in [0.15, 0.2) is 18.3 Å². The van der Waals surface area contributed by atoms with Gasteiger partial charge in [-0.05, 0) is 6.07 Å². The Morgan fingerprint density at radius 2 is 2.50 bits per heavy atom. The Hall–Kier alpha value is -1.69.